The number of aromatic nitrogens is 1. The highest BCUT2D eigenvalue weighted by Gasteiger charge is 2.32. The maximum Gasteiger partial charge on any atom is 0.252 e. The summed E-state index contributed by atoms with van der Waals surface area (Å²) in [7, 11) is -3.42. The summed E-state index contributed by atoms with van der Waals surface area (Å²) < 4.78 is 27.4. The van der Waals surface area contributed by atoms with Crippen molar-refractivity contribution >= 4 is 21.4 Å². The molecule has 17 heavy (non-hydrogen) atoms. The molecule has 2 rings (SSSR count). The minimum Gasteiger partial charge on any atom is -0.317 e. The first-order valence-corrected chi connectivity index (χ1v) is 7.88. The Kier molecular flexibility index (Phi) is 3.53. The molecule has 2 heterocycles. The predicted octanol–water partition coefficient (Wildman–Crippen LogP) is 0.872. The lowest BCUT2D eigenvalue weighted by Crippen LogP contribution is -2.52. The lowest BCUT2D eigenvalue weighted by molar-refractivity contribution is 0.308. The molecule has 0 saturated carbocycles. The Labute approximate surface area is 106 Å². The van der Waals surface area contributed by atoms with Crippen LogP contribution in [0, 0.1) is 6.92 Å². The fraction of sp³-hybridized carbons (Fsp3) is 0.700. The number of hydrogen-bond acceptors (Lipinski definition) is 5. The number of rotatable bonds is 3. The number of piperidine rings is 1. The van der Waals surface area contributed by atoms with Crippen molar-refractivity contribution in [3.63, 3.8) is 0 Å². The molecule has 0 aliphatic carbocycles. The van der Waals surface area contributed by atoms with E-state index in [-0.39, 0.29) is 5.54 Å². The Hall–Kier alpha value is -0.500. The topological polar surface area (TPSA) is 71.1 Å². The molecule has 7 heteroatoms. The van der Waals surface area contributed by atoms with Crippen LogP contribution in [-0.4, -0.2) is 32.0 Å². The number of sulfonamides is 1. The number of aryl methyl sites for hydroxylation is 1. The van der Waals surface area contributed by atoms with E-state index in [9.17, 15) is 8.42 Å². The summed E-state index contributed by atoms with van der Waals surface area (Å²) in [6.45, 7) is 5.46. The molecular weight excluding hydrogens is 258 g/mol. The Morgan fingerprint density at radius 3 is 2.65 bits per heavy atom. The van der Waals surface area contributed by atoms with Crippen LogP contribution in [0.3, 0.4) is 0 Å². The normalized spacial score (nSPS) is 20.4. The molecule has 0 radical (unpaired) electrons. The fourth-order valence-corrected chi connectivity index (χ4v) is 4.49. The average molecular weight is 275 g/mol. The first kappa shape index (κ1) is 12.9. The van der Waals surface area contributed by atoms with Gasteiger partial charge in [-0.05, 0) is 39.8 Å². The van der Waals surface area contributed by atoms with Gasteiger partial charge in [-0.2, -0.15) is 0 Å². The molecule has 0 amide bonds. The summed E-state index contributed by atoms with van der Waals surface area (Å²) in [5, 5.41) is 3.99. The molecule has 96 valence electrons. The highest BCUT2D eigenvalue weighted by molar-refractivity contribution is 7.91. The second-order valence-corrected chi connectivity index (χ2v) is 7.76. The minimum atomic E-state index is -3.42. The second-order valence-electron chi connectivity index (χ2n) is 4.61. The molecule has 1 fully saturated rings. The molecule has 0 aromatic carbocycles. The zero-order valence-electron chi connectivity index (χ0n) is 9.99. The molecule has 0 atom stereocenters. The van der Waals surface area contributed by atoms with Crippen molar-refractivity contribution in [2.75, 3.05) is 13.1 Å². The maximum atomic E-state index is 12.2. The molecule has 2 N–H and O–H groups in total. The highest BCUT2D eigenvalue weighted by Crippen LogP contribution is 2.23. The number of nitrogens with zero attached hydrogens (tertiary/aromatic N) is 1. The van der Waals surface area contributed by atoms with Gasteiger partial charge in [-0.3, -0.25) is 0 Å². The maximum absolute atomic E-state index is 12.2. The van der Waals surface area contributed by atoms with Gasteiger partial charge in [0.2, 0.25) is 0 Å². The van der Waals surface area contributed by atoms with Gasteiger partial charge in [0.05, 0.1) is 11.2 Å². The first-order valence-electron chi connectivity index (χ1n) is 5.58. The van der Waals surface area contributed by atoms with Gasteiger partial charge in [0.25, 0.3) is 10.0 Å². The van der Waals surface area contributed by atoms with E-state index in [2.05, 4.69) is 15.0 Å². The minimum absolute atomic E-state index is 0.301. The molecule has 1 aliphatic heterocycles. The van der Waals surface area contributed by atoms with Gasteiger partial charge in [-0.25, -0.2) is 18.1 Å². The third-order valence-corrected chi connectivity index (χ3v) is 5.97. The molecule has 1 aromatic heterocycles. The molecule has 1 saturated heterocycles. The average Bonchev–Trinajstić information content (AvgIpc) is 2.65. The van der Waals surface area contributed by atoms with Crippen LogP contribution < -0.4 is 10.0 Å². The third kappa shape index (κ3) is 3.04. The molecular formula is C10H17N3O2S2. The Morgan fingerprint density at radius 1 is 1.47 bits per heavy atom. The number of hydrogen-bond donors (Lipinski definition) is 2. The Bertz CT molecular complexity index is 489. The standard InChI is InChI=1S/C10H17N3O2S2/c1-8-12-7-9(16-8)17(14,15)13-10(2)3-5-11-6-4-10/h7,11,13H,3-6H2,1-2H3. The van der Waals surface area contributed by atoms with E-state index in [0.29, 0.717) is 4.21 Å². The molecule has 1 aliphatic rings. The summed E-state index contributed by atoms with van der Waals surface area (Å²) in [6.07, 6.45) is 3.04. The highest BCUT2D eigenvalue weighted by atomic mass is 32.2. The van der Waals surface area contributed by atoms with Crippen LogP contribution in [0.1, 0.15) is 24.8 Å². The molecule has 0 spiro atoms. The summed E-state index contributed by atoms with van der Waals surface area (Å²) in [5.74, 6) is 0. The van der Waals surface area contributed by atoms with Crippen LogP contribution in [0.15, 0.2) is 10.4 Å². The van der Waals surface area contributed by atoms with Crippen LogP contribution in [0.2, 0.25) is 0 Å². The zero-order valence-corrected chi connectivity index (χ0v) is 11.6. The van der Waals surface area contributed by atoms with Crippen molar-refractivity contribution in [1.29, 1.82) is 0 Å². The van der Waals surface area contributed by atoms with Crippen LogP contribution in [-0.2, 0) is 10.0 Å². The predicted molar refractivity (Wildman–Crippen MR) is 67.7 cm³/mol. The van der Waals surface area contributed by atoms with E-state index < -0.39 is 10.0 Å². The van der Waals surface area contributed by atoms with Crippen molar-refractivity contribution < 1.29 is 8.42 Å². The monoisotopic (exact) mass is 275 g/mol. The van der Waals surface area contributed by atoms with Gasteiger partial charge in [0, 0.05) is 5.54 Å². The van der Waals surface area contributed by atoms with Gasteiger partial charge < -0.3 is 5.32 Å². The quantitative estimate of drug-likeness (QED) is 0.859. The summed E-state index contributed by atoms with van der Waals surface area (Å²) in [6, 6.07) is 0. The van der Waals surface area contributed by atoms with E-state index in [1.165, 1.54) is 17.5 Å². The van der Waals surface area contributed by atoms with E-state index >= 15 is 0 Å². The summed E-state index contributed by atoms with van der Waals surface area (Å²) in [5.41, 5.74) is -0.345. The third-order valence-electron chi connectivity index (χ3n) is 2.95. The lowest BCUT2D eigenvalue weighted by atomic mass is 9.92. The van der Waals surface area contributed by atoms with Crippen LogP contribution >= 0.6 is 11.3 Å². The molecule has 5 nitrogen and oxygen atoms in total. The van der Waals surface area contributed by atoms with Crippen molar-refractivity contribution in [2.24, 2.45) is 0 Å². The Balaban J connectivity index is 2.17. The summed E-state index contributed by atoms with van der Waals surface area (Å²) >= 11 is 1.20. The fourth-order valence-electron chi connectivity index (χ4n) is 1.92. The second kappa shape index (κ2) is 4.64. The molecule has 0 bridgehead atoms. The smallest absolute Gasteiger partial charge is 0.252 e. The van der Waals surface area contributed by atoms with Crippen LogP contribution in [0.4, 0.5) is 0 Å². The van der Waals surface area contributed by atoms with Gasteiger partial charge in [0.15, 0.2) is 4.21 Å². The Morgan fingerprint density at radius 2 is 2.12 bits per heavy atom. The van der Waals surface area contributed by atoms with Gasteiger partial charge >= 0.3 is 0 Å². The molecule has 0 unspecified atom stereocenters. The van der Waals surface area contributed by atoms with Gasteiger partial charge in [0.1, 0.15) is 0 Å². The first-order chi connectivity index (χ1) is 7.91. The van der Waals surface area contributed by atoms with Crippen molar-refractivity contribution in [2.45, 2.75) is 36.4 Å². The van der Waals surface area contributed by atoms with E-state index in [4.69, 9.17) is 0 Å². The van der Waals surface area contributed by atoms with E-state index in [0.717, 1.165) is 30.9 Å². The number of nitrogens with one attached hydrogen (secondary N) is 2. The van der Waals surface area contributed by atoms with Crippen molar-refractivity contribution in [1.82, 2.24) is 15.0 Å². The molecule has 1 aromatic rings. The lowest BCUT2D eigenvalue weighted by Gasteiger charge is -2.34. The van der Waals surface area contributed by atoms with Crippen molar-refractivity contribution in [3.8, 4) is 0 Å². The van der Waals surface area contributed by atoms with Gasteiger partial charge in [-0.15, -0.1) is 11.3 Å². The summed E-state index contributed by atoms with van der Waals surface area (Å²) in [4.78, 5) is 3.99. The van der Waals surface area contributed by atoms with E-state index in [1.807, 2.05) is 6.92 Å². The van der Waals surface area contributed by atoms with Crippen molar-refractivity contribution in [3.05, 3.63) is 11.2 Å². The van der Waals surface area contributed by atoms with Crippen LogP contribution in [0.5, 0.6) is 0 Å². The van der Waals surface area contributed by atoms with Crippen LogP contribution in [0.25, 0.3) is 0 Å². The SMILES string of the molecule is Cc1ncc(S(=O)(=O)NC2(C)CCNCC2)s1. The van der Waals surface area contributed by atoms with E-state index in [1.54, 1.807) is 6.92 Å². The zero-order chi connectivity index (χ0) is 12.5. The largest absolute Gasteiger partial charge is 0.317 e. The number of thiazole rings is 1. The van der Waals surface area contributed by atoms with Gasteiger partial charge in [-0.1, -0.05) is 0 Å².